The van der Waals surface area contributed by atoms with Crippen LogP contribution in [-0.4, -0.2) is 73.4 Å². The lowest BCUT2D eigenvalue weighted by Crippen LogP contribution is -2.62. The lowest BCUT2D eigenvalue weighted by Gasteiger charge is -2.40. The molecule has 8 heteroatoms. The largest absolute Gasteiger partial charge is 0.407 e. The summed E-state index contributed by atoms with van der Waals surface area (Å²) in [6.07, 6.45) is -5.18. The molecule has 0 aromatic carbocycles. The van der Waals surface area contributed by atoms with Crippen LogP contribution in [0.2, 0.25) is 0 Å². The normalized spacial score (nSPS) is 46.6. The van der Waals surface area contributed by atoms with E-state index in [2.05, 4.69) is 4.74 Å². The summed E-state index contributed by atoms with van der Waals surface area (Å²) in [6.45, 7) is 0. The third-order valence-corrected chi connectivity index (χ3v) is 2.00. The van der Waals surface area contributed by atoms with Crippen LogP contribution in [0.15, 0.2) is 0 Å². The molecule has 1 fully saturated rings. The zero-order valence-corrected chi connectivity index (χ0v) is 6.66. The van der Waals surface area contributed by atoms with Crippen molar-refractivity contribution in [2.45, 2.75) is 29.4 Å². The molecule has 1 aliphatic rings. The van der Waals surface area contributed by atoms with Crippen LogP contribution < -0.4 is 0 Å². The highest BCUT2D eigenvalue weighted by Gasteiger charge is 2.56. The van der Waals surface area contributed by atoms with Crippen LogP contribution in [0, 0.1) is 0 Å². The molecule has 4 atom stereocenters. The molecule has 1 rings (SSSR count). The van der Waals surface area contributed by atoms with Gasteiger partial charge >= 0.3 is 0 Å². The Hall–Kier alpha value is -0.00519. The summed E-state index contributed by atoms with van der Waals surface area (Å²) in [5, 5.41) is 33.8. The molecule has 0 spiro atoms. The van der Waals surface area contributed by atoms with Crippen molar-refractivity contribution in [2.24, 2.45) is 0 Å². The number of aliphatic hydroxyl groups is 4. The van der Waals surface area contributed by atoms with Gasteiger partial charge in [-0.15, -0.1) is 0 Å². The molecule has 1 heterocycles. The first-order chi connectivity index (χ1) is 5.70. The molecular weight excluding hydrogens is 172 g/mol. The maximum atomic E-state index is 9.24. The molecule has 0 bridgehead atoms. The molecule has 1 saturated heterocycles. The standard InChI is InChI=1S/C5H7B3O5/c6-4(5(7,8)12)2(10)1(9)3(11)13-4/h1-3,9-12H. The zero-order chi connectivity index (χ0) is 10.4. The van der Waals surface area contributed by atoms with Gasteiger partial charge in [0.15, 0.2) is 6.29 Å². The van der Waals surface area contributed by atoms with Gasteiger partial charge in [0.05, 0.1) is 5.50 Å². The first kappa shape index (κ1) is 11.1. The topological polar surface area (TPSA) is 90.2 Å². The van der Waals surface area contributed by atoms with Crippen molar-refractivity contribution in [3.8, 4) is 0 Å². The highest BCUT2D eigenvalue weighted by atomic mass is 16.7. The van der Waals surface area contributed by atoms with Gasteiger partial charge in [0.2, 0.25) is 0 Å². The number of hydrogen-bond acceptors (Lipinski definition) is 5. The second kappa shape index (κ2) is 3.00. The Morgan fingerprint density at radius 1 is 1.23 bits per heavy atom. The van der Waals surface area contributed by atoms with Crippen LogP contribution in [0.4, 0.5) is 0 Å². The lowest BCUT2D eigenvalue weighted by atomic mass is 9.48. The van der Waals surface area contributed by atoms with E-state index in [1.165, 1.54) is 0 Å². The van der Waals surface area contributed by atoms with Gasteiger partial charge in [-0.2, -0.15) is 0 Å². The number of ether oxygens (including phenoxy) is 1. The second-order valence-corrected chi connectivity index (χ2v) is 3.06. The first-order valence-electron chi connectivity index (χ1n) is 3.51. The average molecular weight is 180 g/mol. The molecule has 4 N–H and O–H groups in total. The van der Waals surface area contributed by atoms with Crippen LogP contribution in [0.5, 0.6) is 0 Å². The third-order valence-electron chi connectivity index (χ3n) is 2.00. The molecular formula is C5H7B3O5. The predicted octanol–water partition coefficient (Wildman–Crippen LogP) is -4.10. The highest BCUT2D eigenvalue weighted by molar-refractivity contribution is 6.44. The highest BCUT2D eigenvalue weighted by Crippen LogP contribution is 2.33. The van der Waals surface area contributed by atoms with Crippen molar-refractivity contribution < 1.29 is 25.2 Å². The van der Waals surface area contributed by atoms with E-state index in [9.17, 15) is 5.11 Å². The summed E-state index contributed by atoms with van der Waals surface area (Å²) >= 11 is 0. The van der Waals surface area contributed by atoms with E-state index in [-0.39, 0.29) is 0 Å². The average Bonchev–Trinajstić information content (AvgIpc) is 2.15. The SMILES string of the molecule is [B]C([B])(O)C1([B])OC(O)C(O)C1O. The second-order valence-electron chi connectivity index (χ2n) is 3.06. The fourth-order valence-electron chi connectivity index (χ4n) is 1.08. The number of aliphatic hydroxyl groups excluding tert-OH is 3. The summed E-state index contributed by atoms with van der Waals surface area (Å²) in [6, 6.07) is 0. The van der Waals surface area contributed by atoms with Crippen LogP contribution in [-0.2, 0) is 4.74 Å². The summed E-state index contributed by atoms with van der Waals surface area (Å²) in [7, 11) is 15.3. The van der Waals surface area contributed by atoms with Gasteiger partial charge in [0.1, 0.15) is 35.7 Å². The summed E-state index contributed by atoms with van der Waals surface area (Å²) in [5.74, 6) is 0. The number of rotatable bonds is 1. The molecule has 0 amide bonds. The zero-order valence-electron chi connectivity index (χ0n) is 6.66. The van der Waals surface area contributed by atoms with E-state index < -0.39 is 29.4 Å². The van der Waals surface area contributed by atoms with Crippen molar-refractivity contribution >= 4 is 23.5 Å². The van der Waals surface area contributed by atoms with Gasteiger partial charge in [-0.25, -0.2) is 0 Å². The van der Waals surface area contributed by atoms with Crippen LogP contribution in [0.1, 0.15) is 0 Å². The van der Waals surface area contributed by atoms with Gasteiger partial charge in [0, 0.05) is 5.40 Å². The summed E-state index contributed by atoms with van der Waals surface area (Å²) in [5.41, 5.74) is -2.30. The van der Waals surface area contributed by atoms with Crippen LogP contribution >= 0.6 is 0 Å². The van der Waals surface area contributed by atoms with Gasteiger partial charge in [-0.1, -0.05) is 0 Å². The Kier molecular flexibility index (Phi) is 2.55. The maximum absolute atomic E-state index is 9.24. The lowest BCUT2D eigenvalue weighted by molar-refractivity contribution is -0.157. The Balaban J connectivity index is 2.94. The van der Waals surface area contributed by atoms with E-state index in [0.717, 1.165) is 0 Å². The number of hydrogen-bond donors (Lipinski definition) is 4. The molecule has 0 aliphatic carbocycles. The van der Waals surface area contributed by atoms with Crippen molar-refractivity contribution in [3.63, 3.8) is 0 Å². The van der Waals surface area contributed by atoms with Gasteiger partial charge < -0.3 is 25.2 Å². The minimum absolute atomic E-state index is 1.66. The summed E-state index contributed by atoms with van der Waals surface area (Å²) < 4.78 is 4.47. The van der Waals surface area contributed by atoms with E-state index in [1.54, 1.807) is 0 Å². The van der Waals surface area contributed by atoms with E-state index >= 15 is 0 Å². The molecule has 66 valence electrons. The summed E-state index contributed by atoms with van der Waals surface area (Å²) in [4.78, 5) is 0. The minimum atomic E-state index is -2.56. The molecule has 6 radical (unpaired) electrons. The van der Waals surface area contributed by atoms with E-state index in [0.29, 0.717) is 0 Å². The Bertz CT molecular complexity index is 207. The quantitative estimate of drug-likeness (QED) is 0.307. The van der Waals surface area contributed by atoms with E-state index in [1.807, 2.05) is 0 Å². The minimum Gasteiger partial charge on any atom is -0.407 e. The fraction of sp³-hybridized carbons (Fsp3) is 1.00. The fourth-order valence-corrected chi connectivity index (χ4v) is 1.08. The molecule has 0 aromatic heterocycles. The van der Waals surface area contributed by atoms with Crippen molar-refractivity contribution in [1.29, 1.82) is 0 Å². The Labute approximate surface area is 78.9 Å². The monoisotopic (exact) mass is 180 g/mol. The predicted molar refractivity (Wildman–Crippen MR) is 44.0 cm³/mol. The molecule has 1 aliphatic heterocycles. The smallest absolute Gasteiger partial charge is 0.183 e. The Morgan fingerprint density at radius 3 is 1.85 bits per heavy atom. The maximum Gasteiger partial charge on any atom is 0.183 e. The van der Waals surface area contributed by atoms with Crippen LogP contribution in [0.25, 0.3) is 0 Å². The van der Waals surface area contributed by atoms with E-state index in [4.69, 9.17) is 38.9 Å². The molecule has 5 nitrogen and oxygen atoms in total. The first-order valence-corrected chi connectivity index (χ1v) is 3.51. The Morgan fingerprint density at radius 2 is 1.69 bits per heavy atom. The molecule has 4 unspecified atom stereocenters. The molecule has 0 aromatic rings. The van der Waals surface area contributed by atoms with Crippen molar-refractivity contribution in [1.82, 2.24) is 0 Å². The third kappa shape index (κ3) is 1.53. The van der Waals surface area contributed by atoms with Gasteiger partial charge in [-0.3, -0.25) is 0 Å². The van der Waals surface area contributed by atoms with Gasteiger partial charge in [0.25, 0.3) is 0 Å². The molecule has 0 saturated carbocycles. The molecule has 13 heavy (non-hydrogen) atoms. The van der Waals surface area contributed by atoms with Gasteiger partial charge in [-0.05, 0) is 0 Å². The van der Waals surface area contributed by atoms with Crippen LogP contribution in [0.3, 0.4) is 0 Å². The van der Waals surface area contributed by atoms with Crippen molar-refractivity contribution in [2.75, 3.05) is 0 Å². The van der Waals surface area contributed by atoms with Crippen molar-refractivity contribution in [3.05, 3.63) is 0 Å².